The first-order valence-electron chi connectivity index (χ1n) is 7.38. The maximum atomic E-state index is 12.3. The van der Waals surface area contributed by atoms with E-state index in [-0.39, 0.29) is 18.2 Å². The monoisotopic (exact) mass is 294 g/mol. The Morgan fingerprint density at radius 1 is 1.14 bits per heavy atom. The number of para-hydroxylation sites is 1. The standard InChI is InChI=1S/C18H18N2O2/c1-13(21)20-10-9-14-11-15(7-8-17(14)20)18(22)12-19-16-5-3-2-4-6-16/h2-8,11,19H,9-10,12H2,1H3. The van der Waals surface area contributed by atoms with Crippen molar-refractivity contribution in [3.63, 3.8) is 0 Å². The number of anilines is 2. The minimum atomic E-state index is 0.0450. The highest BCUT2D eigenvalue weighted by molar-refractivity contribution is 6.01. The molecule has 4 nitrogen and oxygen atoms in total. The molecule has 112 valence electrons. The number of benzene rings is 2. The fourth-order valence-corrected chi connectivity index (χ4v) is 2.74. The first kappa shape index (κ1) is 14.3. The lowest BCUT2D eigenvalue weighted by Crippen LogP contribution is -2.25. The Morgan fingerprint density at radius 2 is 1.91 bits per heavy atom. The minimum absolute atomic E-state index is 0.0450. The molecule has 1 N–H and O–H groups in total. The van der Waals surface area contributed by atoms with Crippen LogP contribution in [0.25, 0.3) is 0 Å². The van der Waals surface area contributed by atoms with Gasteiger partial charge in [-0.3, -0.25) is 9.59 Å². The second-order valence-electron chi connectivity index (χ2n) is 5.41. The van der Waals surface area contributed by atoms with Crippen LogP contribution in [0.3, 0.4) is 0 Å². The van der Waals surface area contributed by atoms with Crippen molar-refractivity contribution < 1.29 is 9.59 Å². The number of hydrogen-bond donors (Lipinski definition) is 1. The minimum Gasteiger partial charge on any atom is -0.378 e. The zero-order valence-corrected chi connectivity index (χ0v) is 12.5. The van der Waals surface area contributed by atoms with Gasteiger partial charge in [-0.25, -0.2) is 0 Å². The van der Waals surface area contributed by atoms with Crippen molar-refractivity contribution in [3.8, 4) is 0 Å². The van der Waals surface area contributed by atoms with Gasteiger partial charge >= 0.3 is 0 Å². The number of ketones is 1. The molecule has 1 aliphatic heterocycles. The fraction of sp³-hybridized carbons (Fsp3) is 0.222. The second-order valence-corrected chi connectivity index (χ2v) is 5.41. The van der Waals surface area contributed by atoms with E-state index in [4.69, 9.17) is 0 Å². The van der Waals surface area contributed by atoms with E-state index in [1.165, 1.54) is 0 Å². The van der Waals surface area contributed by atoms with Crippen LogP contribution >= 0.6 is 0 Å². The van der Waals surface area contributed by atoms with Crippen molar-refractivity contribution in [3.05, 3.63) is 59.7 Å². The average molecular weight is 294 g/mol. The summed E-state index contributed by atoms with van der Waals surface area (Å²) in [4.78, 5) is 25.6. The molecule has 3 rings (SSSR count). The summed E-state index contributed by atoms with van der Waals surface area (Å²) in [6, 6.07) is 15.2. The van der Waals surface area contributed by atoms with Crippen LogP contribution in [0.5, 0.6) is 0 Å². The highest BCUT2D eigenvalue weighted by atomic mass is 16.2. The molecular formula is C18H18N2O2. The van der Waals surface area contributed by atoms with Gasteiger partial charge in [0.1, 0.15) is 0 Å². The van der Waals surface area contributed by atoms with Crippen molar-refractivity contribution in [2.24, 2.45) is 0 Å². The molecule has 0 bridgehead atoms. The van der Waals surface area contributed by atoms with E-state index in [2.05, 4.69) is 5.32 Å². The zero-order valence-electron chi connectivity index (χ0n) is 12.5. The summed E-state index contributed by atoms with van der Waals surface area (Å²) >= 11 is 0. The summed E-state index contributed by atoms with van der Waals surface area (Å²) in [5, 5.41) is 3.12. The number of hydrogen-bond acceptors (Lipinski definition) is 3. The lowest BCUT2D eigenvalue weighted by molar-refractivity contribution is -0.116. The van der Waals surface area contributed by atoms with Gasteiger partial charge in [0.25, 0.3) is 0 Å². The van der Waals surface area contributed by atoms with Gasteiger partial charge in [0.05, 0.1) is 6.54 Å². The Morgan fingerprint density at radius 3 is 2.64 bits per heavy atom. The summed E-state index contributed by atoms with van der Waals surface area (Å²) in [5.74, 6) is 0.0940. The van der Waals surface area contributed by atoms with E-state index < -0.39 is 0 Å². The van der Waals surface area contributed by atoms with Gasteiger partial charge in [0, 0.05) is 30.4 Å². The number of rotatable bonds is 4. The molecule has 1 amide bonds. The van der Waals surface area contributed by atoms with Gasteiger partial charge in [-0.05, 0) is 42.3 Å². The summed E-state index contributed by atoms with van der Waals surface area (Å²) in [7, 11) is 0. The Kier molecular flexibility index (Phi) is 3.92. The van der Waals surface area contributed by atoms with Crippen LogP contribution in [0.2, 0.25) is 0 Å². The van der Waals surface area contributed by atoms with Crippen molar-refractivity contribution >= 4 is 23.1 Å². The molecule has 0 radical (unpaired) electrons. The van der Waals surface area contributed by atoms with Gasteiger partial charge in [0.15, 0.2) is 5.78 Å². The van der Waals surface area contributed by atoms with E-state index in [0.29, 0.717) is 12.1 Å². The van der Waals surface area contributed by atoms with E-state index in [1.807, 2.05) is 42.5 Å². The smallest absolute Gasteiger partial charge is 0.223 e. The average Bonchev–Trinajstić information content (AvgIpc) is 2.97. The molecule has 1 aliphatic rings. The Bertz CT molecular complexity index is 710. The van der Waals surface area contributed by atoms with Crippen molar-refractivity contribution in [2.75, 3.05) is 23.3 Å². The summed E-state index contributed by atoms with van der Waals surface area (Å²) < 4.78 is 0. The maximum absolute atomic E-state index is 12.3. The van der Waals surface area contributed by atoms with Crippen LogP contribution < -0.4 is 10.2 Å². The van der Waals surface area contributed by atoms with E-state index >= 15 is 0 Å². The second kappa shape index (κ2) is 6.02. The molecule has 0 aliphatic carbocycles. The number of nitrogens with zero attached hydrogens (tertiary/aromatic N) is 1. The van der Waals surface area contributed by atoms with Crippen molar-refractivity contribution in [2.45, 2.75) is 13.3 Å². The molecule has 0 unspecified atom stereocenters. The van der Waals surface area contributed by atoms with Crippen LogP contribution in [0.4, 0.5) is 11.4 Å². The number of carbonyl (C=O) groups is 2. The zero-order chi connectivity index (χ0) is 15.5. The number of fused-ring (bicyclic) bond motifs is 1. The van der Waals surface area contributed by atoms with Crippen molar-refractivity contribution in [1.29, 1.82) is 0 Å². The van der Waals surface area contributed by atoms with Gasteiger partial charge in [-0.15, -0.1) is 0 Å². The Hall–Kier alpha value is -2.62. The number of nitrogens with one attached hydrogen (secondary N) is 1. The molecule has 0 atom stereocenters. The van der Waals surface area contributed by atoms with Crippen LogP contribution in [0, 0.1) is 0 Å². The van der Waals surface area contributed by atoms with E-state index in [9.17, 15) is 9.59 Å². The SMILES string of the molecule is CC(=O)N1CCc2cc(C(=O)CNc3ccccc3)ccc21. The number of Topliss-reactive ketones (excluding diaryl/α,β-unsaturated/α-hetero) is 1. The highest BCUT2D eigenvalue weighted by Gasteiger charge is 2.22. The summed E-state index contributed by atoms with van der Waals surface area (Å²) in [6.45, 7) is 2.53. The van der Waals surface area contributed by atoms with Crippen molar-refractivity contribution in [1.82, 2.24) is 0 Å². The van der Waals surface area contributed by atoms with Gasteiger partial charge in [-0.1, -0.05) is 18.2 Å². The quantitative estimate of drug-likeness (QED) is 0.882. The third kappa shape index (κ3) is 2.86. The molecule has 4 heteroatoms. The van der Waals surface area contributed by atoms with Crippen LogP contribution in [-0.4, -0.2) is 24.8 Å². The van der Waals surface area contributed by atoms with Crippen LogP contribution in [-0.2, 0) is 11.2 Å². The molecule has 0 saturated carbocycles. The maximum Gasteiger partial charge on any atom is 0.223 e. The lowest BCUT2D eigenvalue weighted by Gasteiger charge is -2.14. The van der Waals surface area contributed by atoms with E-state index in [0.717, 1.165) is 23.4 Å². The molecule has 0 spiro atoms. The Labute approximate surface area is 129 Å². The van der Waals surface area contributed by atoms with E-state index in [1.54, 1.807) is 17.9 Å². The molecular weight excluding hydrogens is 276 g/mol. The van der Waals surface area contributed by atoms with Crippen LogP contribution in [0.1, 0.15) is 22.8 Å². The predicted octanol–water partition coefficient (Wildman–Crippen LogP) is 2.89. The Balaban J connectivity index is 1.71. The molecule has 0 fully saturated rings. The van der Waals surface area contributed by atoms with Crippen LogP contribution in [0.15, 0.2) is 48.5 Å². The van der Waals surface area contributed by atoms with Gasteiger partial charge in [-0.2, -0.15) is 0 Å². The summed E-state index contributed by atoms with van der Waals surface area (Å²) in [6.07, 6.45) is 0.808. The largest absolute Gasteiger partial charge is 0.378 e. The molecule has 2 aromatic rings. The summed E-state index contributed by atoms with van der Waals surface area (Å²) in [5.41, 5.74) is 3.62. The molecule has 0 aromatic heterocycles. The molecule has 1 heterocycles. The highest BCUT2D eigenvalue weighted by Crippen LogP contribution is 2.29. The molecule has 2 aromatic carbocycles. The first-order valence-corrected chi connectivity index (χ1v) is 7.38. The first-order chi connectivity index (χ1) is 10.6. The normalized spacial score (nSPS) is 12.9. The third-order valence-corrected chi connectivity index (χ3v) is 3.90. The van der Waals surface area contributed by atoms with Gasteiger partial charge < -0.3 is 10.2 Å². The van der Waals surface area contributed by atoms with Gasteiger partial charge in [0.2, 0.25) is 5.91 Å². The topological polar surface area (TPSA) is 49.4 Å². The molecule has 0 saturated heterocycles. The fourth-order valence-electron chi connectivity index (χ4n) is 2.74. The number of carbonyl (C=O) groups excluding carboxylic acids is 2. The lowest BCUT2D eigenvalue weighted by atomic mass is 10.0. The number of amides is 1. The predicted molar refractivity (Wildman–Crippen MR) is 87.4 cm³/mol. The molecule has 22 heavy (non-hydrogen) atoms. The third-order valence-electron chi connectivity index (χ3n) is 3.90.